The first-order valence-electron chi connectivity index (χ1n) is 7.64. The molecule has 1 atom stereocenters. The van der Waals surface area contributed by atoms with Crippen LogP contribution in [0.2, 0.25) is 0 Å². The molecular weight excluding hydrogens is 268 g/mol. The maximum Gasteiger partial charge on any atom is 0.306 e. The number of hydrogen-bond acceptors (Lipinski definition) is 4. The minimum atomic E-state index is -0.204. The first-order valence-corrected chi connectivity index (χ1v) is 7.64. The molecule has 0 spiro atoms. The summed E-state index contributed by atoms with van der Waals surface area (Å²) in [6.45, 7) is 4.34. The molecule has 4 heteroatoms. The van der Waals surface area contributed by atoms with Crippen LogP contribution >= 0.6 is 0 Å². The number of phenols is 1. The fourth-order valence-corrected chi connectivity index (χ4v) is 2.47. The van der Waals surface area contributed by atoms with E-state index in [0.717, 1.165) is 31.2 Å². The summed E-state index contributed by atoms with van der Waals surface area (Å²) in [5.41, 5.74) is 0.877. The fraction of sp³-hybridized carbons (Fsp3) is 0.588. The topological polar surface area (TPSA) is 55.8 Å². The molecule has 118 valence electrons. The molecule has 0 radical (unpaired) electrons. The maximum absolute atomic E-state index is 11.8. The second kappa shape index (κ2) is 9.27. The van der Waals surface area contributed by atoms with E-state index in [9.17, 15) is 9.90 Å². The Balaban J connectivity index is 2.93. The fourth-order valence-electron chi connectivity index (χ4n) is 2.47. The van der Waals surface area contributed by atoms with E-state index in [4.69, 9.17) is 9.47 Å². The third kappa shape index (κ3) is 5.66. The molecular formula is C17H26O4. The monoisotopic (exact) mass is 294 g/mol. The van der Waals surface area contributed by atoms with Crippen molar-refractivity contribution >= 4 is 5.97 Å². The van der Waals surface area contributed by atoms with Crippen LogP contribution in [0.4, 0.5) is 0 Å². The Bertz CT molecular complexity index is 442. The molecule has 0 heterocycles. The molecule has 1 unspecified atom stereocenters. The van der Waals surface area contributed by atoms with Crippen LogP contribution in [0.3, 0.4) is 0 Å². The van der Waals surface area contributed by atoms with Crippen LogP contribution < -0.4 is 4.74 Å². The van der Waals surface area contributed by atoms with E-state index in [1.807, 2.05) is 0 Å². The number of ether oxygens (including phenoxy) is 2. The Morgan fingerprint density at radius 3 is 2.67 bits per heavy atom. The lowest BCUT2D eigenvalue weighted by Crippen LogP contribution is -2.11. The number of carbonyl (C=O) groups excluding carboxylic acids is 1. The van der Waals surface area contributed by atoms with Gasteiger partial charge in [0, 0.05) is 5.56 Å². The van der Waals surface area contributed by atoms with Crippen molar-refractivity contribution in [2.24, 2.45) is 0 Å². The highest BCUT2D eigenvalue weighted by atomic mass is 16.5. The van der Waals surface area contributed by atoms with Gasteiger partial charge in [0.05, 0.1) is 20.1 Å². The molecule has 1 rings (SSSR count). The highest BCUT2D eigenvalue weighted by Gasteiger charge is 2.20. The highest BCUT2D eigenvalue weighted by Crippen LogP contribution is 2.35. The Kier molecular flexibility index (Phi) is 7.65. The van der Waals surface area contributed by atoms with Gasteiger partial charge in [-0.25, -0.2) is 0 Å². The molecule has 0 bridgehead atoms. The first kappa shape index (κ1) is 17.3. The van der Waals surface area contributed by atoms with Gasteiger partial charge >= 0.3 is 5.97 Å². The summed E-state index contributed by atoms with van der Waals surface area (Å²) in [6.07, 6.45) is 4.49. The van der Waals surface area contributed by atoms with Crippen LogP contribution in [0.25, 0.3) is 0 Å². The molecule has 0 aliphatic carbocycles. The van der Waals surface area contributed by atoms with Crippen LogP contribution in [0.1, 0.15) is 57.4 Å². The van der Waals surface area contributed by atoms with Gasteiger partial charge in [-0.15, -0.1) is 0 Å². The van der Waals surface area contributed by atoms with Crippen molar-refractivity contribution in [1.82, 2.24) is 0 Å². The van der Waals surface area contributed by atoms with Gasteiger partial charge in [0.2, 0.25) is 0 Å². The predicted octanol–water partition coefficient (Wildman–Crippen LogP) is 4.02. The zero-order chi connectivity index (χ0) is 15.7. The van der Waals surface area contributed by atoms with Crippen molar-refractivity contribution in [3.8, 4) is 11.5 Å². The second-order valence-electron chi connectivity index (χ2n) is 5.13. The minimum absolute atomic E-state index is 0.0117. The minimum Gasteiger partial charge on any atom is -0.508 e. The highest BCUT2D eigenvalue weighted by molar-refractivity contribution is 5.70. The number of esters is 1. The Labute approximate surface area is 127 Å². The summed E-state index contributed by atoms with van der Waals surface area (Å²) in [6, 6.07) is 5.02. The zero-order valence-corrected chi connectivity index (χ0v) is 13.2. The van der Waals surface area contributed by atoms with Gasteiger partial charge in [-0.05, 0) is 37.5 Å². The Morgan fingerprint density at radius 1 is 1.29 bits per heavy atom. The summed E-state index contributed by atoms with van der Waals surface area (Å²) in [5, 5.41) is 9.72. The summed E-state index contributed by atoms with van der Waals surface area (Å²) in [7, 11) is 1.60. The smallest absolute Gasteiger partial charge is 0.306 e. The van der Waals surface area contributed by atoms with Crippen LogP contribution in [0.15, 0.2) is 18.2 Å². The number of hydrogen-bond donors (Lipinski definition) is 1. The number of unbranched alkanes of at least 4 members (excludes halogenated alkanes) is 2. The number of phenolic OH excluding ortho intramolecular Hbond substituents is 1. The third-order valence-corrected chi connectivity index (χ3v) is 3.53. The average Bonchev–Trinajstić information content (AvgIpc) is 2.46. The van der Waals surface area contributed by atoms with Crippen LogP contribution in [0.5, 0.6) is 11.5 Å². The summed E-state index contributed by atoms with van der Waals surface area (Å²) >= 11 is 0. The molecule has 1 aromatic carbocycles. The van der Waals surface area contributed by atoms with E-state index >= 15 is 0 Å². The average molecular weight is 294 g/mol. The molecule has 1 aromatic rings. The standard InChI is InChI=1S/C17H26O4/c1-4-6-7-8-13(11-17(19)21-5-2)15-12-14(18)9-10-16(15)20-3/h9-10,12-13,18H,4-8,11H2,1-3H3. The second-order valence-corrected chi connectivity index (χ2v) is 5.13. The quantitative estimate of drug-likeness (QED) is 0.552. The lowest BCUT2D eigenvalue weighted by atomic mass is 9.89. The van der Waals surface area contributed by atoms with Gasteiger partial charge in [-0.1, -0.05) is 26.2 Å². The van der Waals surface area contributed by atoms with E-state index in [-0.39, 0.29) is 17.6 Å². The molecule has 0 fully saturated rings. The molecule has 0 saturated carbocycles. The van der Waals surface area contributed by atoms with Gasteiger partial charge < -0.3 is 14.6 Å². The lowest BCUT2D eigenvalue weighted by molar-refractivity contribution is -0.143. The van der Waals surface area contributed by atoms with Crippen molar-refractivity contribution < 1.29 is 19.4 Å². The van der Waals surface area contributed by atoms with E-state index in [1.54, 1.807) is 32.2 Å². The van der Waals surface area contributed by atoms with Crippen LogP contribution in [-0.2, 0) is 9.53 Å². The van der Waals surface area contributed by atoms with Crippen molar-refractivity contribution in [3.05, 3.63) is 23.8 Å². The zero-order valence-electron chi connectivity index (χ0n) is 13.2. The largest absolute Gasteiger partial charge is 0.508 e. The number of aromatic hydroxyl groups is 1. The van der Waals surface area contributed by atoms with E-state index in [0.29, 0.717) is 18.8 Å². The van der Waals surface area contributed by atoms with Gasteiger partial charge in [0.25, 0.3) is 0 Å². The van der Waals surface area contributed by atoms with Gasteiger partial charge in [-0.3, -0.25) is 4.79 Å². The molecule has 4 nitrogen and oxygen atoms in total. The van der Waals surface area contributed by atoms with Crippen LogP contribution in [0, 0.1) is 0 Å². The van der Waals surface area contributed by atoms with Crippen molar-refractivity contribution in [2.75, 3.05) is 13.7 Å². The van der Waals surface area contributed by atoms with Crippen LogP contribution in [-0.4, -0.2) is 24.8 Å². The number of methoxy groups -OCH3 is 1. The van der Waals surface area contributed by atoms with Gasteiger partial charge in [0.15, 0.2) is 0 Å². The molecule has 1 N–H and O–H groups in total. The molecule has 0 aliphatic rings. The first-order chi connectivity index (χ1) is 10.1. The summed E-state index contributed by atoms with van der Waals surface area (Å²) < 4.78 is 10.4. The normalized spacial score (nSPS) is 12.0. The number of rotatable bonds is 9. The molecule has 0 amide bonds. The van der Waals surface area contributed by atoms with Crippen molar-refractivity contribution in [1.29, 1.82) is 0 Å². The van der Waals surface area contributed by atoms with E-state index in [2.05, 4.69) is 6.92 Å². The van der Waals surface area contributed by atoms with Gasteiger partial charge in [-0.2, -0.15) is 0 Å². The van der Waals surface area contributed by atoms with E-state index in [1.165, 1.54) is 0 Å². The predicted molar refractivity (Wildman–Crippen MR) is 82.8 cm³/mol. The number of carbonyl (C=O) groups is 1. The Morgan fingerprint density at radius 2 is 2.05 bits per heavy atom. The molecule has 0 saturated heterocycles. The van der Waals surface area contributed by atoms with Crippen molar-refractivity contribution in [3.63, 3.8) is 0 Å². The lowest BCUT2D eigenvalue weighted by Gasteiger charge is -2.19. The summed E-state index contributed by atoms with van der Waals surface area (Å²) in [5.74, 6) is 0.704. The molecule has 21 heavy (non-hydrogen) atoms. The molecule has 0 aromatic heterocycles. The summed E-state index contributed by atoms with van der Waals surface area (Å²) in [4.78, 5) is 11.8. The Hall–Kier alpha value is -1.71. The third-order valence-electron chi connectivity index (χ3n) is 3.53. The van der Waals surface area contributed by atoms with Crippen molar-refractivity contribution in [2.45, 2.75) is 51.9 Å². The van der Waals surface area contributed by atoms with Gasteiger partial charge in [0.1, 0.15) is 11.5 Å². The SMILES string of the molecule is CCCCCC(CC(=O)OCC)c1cc(O)ccc1OC. The molecule has 0 aliphatic heterocycles. The van der Waals surface area contributed by atoms with E-state index < -0.39 is 0 Å². The maximum atomic E-state index is 11.8. The number of benzene rings is 1.